The molecule has 1 saturated heterocycles. The largest absolute Gasteiger partial charge is 0.316 e. The summed E-state index contributed by atoms with van der Waals surface area (Å²) in [6.45, 7) is 7.40. The Morgan fingerprint density at radius 2 is 1.64 bits per heavy atom. The normalized spacial score (nSPS) is 39.2. The molecule has 0 aromatic rings. The summed E-state index contributed by atoms with van der Waals surface area (Å²) in [7, 11) is 0. The summed E-state index contributed by atoms with van der Waals surface area (Å²) in [6.07, 6.45) is 7.43. The third-order valence-electron chi connectivity index (χ3n) is 4.48. The second kappa shape index (κ2) is 4.65. The average molecular weight is 195 g/mol. The maximum absolute atomic E-state index is 3.56. The van der Waals surface area contributed by atoms with E-state index in [1.54, 1.807) is 0 Å². The summed E-state index contributed by atoms with van der Waals surface area (Å²) >= 11 is 0. The van der Waals surface area contributed by atoms with Gasteiger partial charge in [0.15, 0.2) is 0 Å². The lowest BCUT2D eigenvalue weighted by atomic mass is 9.77. The molecule has 3 atom stereocenters. The fourth-order valence-corrected chi connectivity index (χ4v) is 3.34. The van der Waals surface area contributed by atoms with Crippen molar-refractivity contribution in [3.05, 3.63) is 0 Å². The first kappa shape index (κ1) is 10.5. The molecule has 2 fully saturated rings. The molecular weight excluding hydrogens is 170 g/mol. The van der Waals surface area contributed by atoms with E-state index < -0.39 is 0 Å². The van der Waals surface area contributed by atoms with Crippen molar-refractivity contribution in [1.29, 1.82) is 0 Å². The Kier molecular flexibility index (Phi) is 3.48. The summed E-state index contributed by atoms with van der Waals surface area (Å²) in [5.74, 6) is 3.94. The first-order valence-electron chi connectivity index (χ1n) is 6.48. The first-order valence-corrected chi connectivity index (χ1v) is 6.48. The van der Waals surface area contributed by atoms with Crippen molar-refractivity contribution in [3.8, 4) is 0 Å². The molecule has 1 heterocycles. The SMILES string of the molecule is CC(C)C1CCCC2CNCC2CC1. The monoisotopic (exact) mass is 195 g/mol. The Bertz CT molecular complexity index is 174. The Labute approximate surface area is 88.7 Å². The van der Waals surface area contributed by atoms with Gasteiger partial charge >= 0.3 is 0 Å². The first-order chi connectivity index (χ1) is 6.77. The summed E-state index contributed by atoms with van der Waals surface area (Å²) < 4.78 is 0. The molecule has 1 aliphatic heterocycles. The number of fused-ring (bicyclic) bond motifs is 1. The average Bonchev–Trinajstić information content (AvgIpc) is 2.51. The van der Waals surface area contributed by atoms with E-state index in [0.29, 0.717) is 0 Å². The van der Waals surface area contributed by atoms with Crippen LogP contribution in [0.25, 0.3) is 0 Å². The van der Waals surface area contributed by atoms with Crippen LogP contribution in [0, 0.1) is 23.7 Å². The Morgan fingerprint density at radius 1 is 0.929 bits per heavy atom. The number of hydrogen-bond donors (Lipinski definition) is 1. The van der Waals surface area contributed by atoms with Crippen molar-refractivity contribution in [2.24, 2.45) is 23.7 Å². The van der Waals surface area contributed by atoms with Gasteiger partial charge in [-0.2, -0.15) is 0 Å². The van der Waals surface area contributed by atoms with Gasteiger partial charge in [0, 0.05) is 0 Å². The molecule has 0 bridgehead atoms. The molecule has 0 aromatic carbocycles. The van der Waals surface area contributed by atoms with Crippen LogP contribution in [-0.4, -0.2) is 13.1 Å². The summed E-state index contributed by atoms with van der Waals surface area (Å²) in [5.41, 5.74) is 0. The maximum Gasteiger partial charge on any atom is -0.00173 e. The molecule has 1 aliphatic carbocycles. The number of hydrogen-bond acceptors (Lipinski definition) is 1. The molecule has 1 N–H and O–H groups in total. The Balaban J connectivity index is 1.89. The van der Waals surface area contributed by atoms with Crippen molar-refractivity contribution in [2.45, 2.75) is 46.0 Å². The van der Waals surface area contributed by atoms with E-state index in [0.717, 1.165) is 23.7 Å². The predicted molar refractivity (Wildman–Crippen MR) is 61.3 cm³/mol. The molecule has 0 aromatic heterocycles. The van der Waals surface area contributed by atoms with Crippen LogP contribution < -0.4 is 5.32 Å². The molecule has 0 amide bonds. The van der Waals surface area contributed by atoms with E-state index in [-0.39, 0.29) is 0 Å². The standard InChI is InChI=1S/C13H25N/c1-10(2)11-4-3-5-12-8-14-9-13(12)7-6-11/h10-14H,3-9H2,1-2H3. The van der Waals surface area contributed by atoms with Crippen LogP contribution in [0.5, 0.6) is 0 Å². The van der Waals surface area contributed by atoms with Crippen LogP contribution in [0.2, 0.25) is 0 Å². The lowest BCUT2D eigenvalue weighted by molar-refractivity contribution is 0.236. The highest BCUT2D eigenvalue weighted by Gasteiger charge is 2.29. The van der Waals surface area contributed by atoms with Gasteiger partial charge in [0.1, 0.15) is 0 Å². The van der Waals surface area contributed by atoms with Crippen LogP contribution in [0.15, 0.2) is 0 Å². The second-order valence-corrected chi connectivity index (χ2v) is 5.69. The minimum atomic E-state index is 0.904. The molecule has 3 unspecified atom stereocenters. The molecule has 2 rings (SSSR count). The maximum atomic E-state index is 3.56. The zero-order valence-electron chi connectivity index (χ0n) is 9.76. The van der Waals surface area contributed by atoms with Gasteiger partial charge in [0.05, 0.1) is 0 Å². The van der Waals surface area contributed by atoms with E-state index in [4.69, 9.17) is 0 Å². The van der Waals surface area contributed by atoms with E-state index in [2.05, 4.69) is 19.2 Å². The van der Waals surface area contributed by atoms with Gasteiger partial charge in [-0.25, -0.2) is 0 Å². The second-order valence-electron chi connectivity index (χ2n) is 5.69. The Morgan fingerprint density at radius 3 is 2.36 bits per heavy atom. The number of rotatable bonds is 1. The molecule has 1 nitrogen and oxygen atoms in total. The van der Waals surface area contributed by atoms with Gasteiger partial charge in [-0.3, -0.25) is 0 Å². The van der Waals surface area contributed by atoms with Gasteiger partial charge in [0.25, 0.3) is 0 Å². The van der Waals surface area contributed by atoms with E-state index >= 15 is 0 Å². The van der Waals surface area contributed by atoms with Crippen LogP contribution in [0.3, 0.4) is 0 Å². The minimum absolute atomic E-state index is 0.904. The highest BCUT2D eigenvalue weighted by atomic mass is 14.9. The van der Waals surface area contributed by atoms with Gasteiger partial charge in [-0.15, -0.1) is 0 Å². The Hall–Kier alpha value is -0.0400. The molecule has 1 saturated carbocycles. The third kappa shape index (κ3) is 2.31. The zero-order chi connectivity index (χ0) is 9.97. The lowest BCUT2D eigenvalue weighted by Gasteiger charge is -2.28. The molecule has 0 spiro atoms. The fourth-order valence-electron chi connectivity index (χ4n) is 3.34. The molecule has 2 aliphatic rings. The van der Waals surface area contributed by atoms with E-state index in [9.17, 15) is 0 Å². The minimum Gasteiger partial charge on any atom is -0.316 e. The van der Waals surface area contributed by atoms with Crippen molar-refractivity contribution in [2.75, 3.05) is 13.1 Å². The van der Waals surface area contributed by atoms with Gasteiger partial charge in [-0.1, -0.05) is 26.7 Å². The predicted octanol–water partition coefficient (Wildman–Crippen LogP) is 3.06. The summed E-state index contributed by atoms with van der Waals surface area (Å²) in [5, 5.41) is 3.56. The number of nitrogens with one attached hydrogen (secondary N) is 1. The molecular formula is C13H25N. The van der Waals surface area contributed by atoms with E-state index in [1.165, 1.54) is 45.2 Å². The fraction of sp³-hybridized carbons (Fsp3) is 1.00. The quantitative estimate of drug-likeness (QED) is 0.678. The van der Waals surface area contributed by atoms with E-state index in [1.807, 2.05) is 0 Å². The molecule has 0 radical (unpaired) electrons. The molecule has 14 heavy (non-hydrogen) atoms. The van der Waals surface area contributed by atoms with Crippen LogP contribution >= 0.6 is 0 Å². The summed E-state index contributed by atoms with van der Waals surface area (Å²) in [6, 6.07) is 0. The smallest absolute Gasteiger partial charge is 0.00173 e. The van der Waals surface area contributed by atoms with Crippen molar-refractivity contribution in [3.63, 3.8) is 0 Å². The molecule has 82 valence electrons. The van der Waals surface area contributed by atoms with Crippen molar-refractivity contribution in [1.82, 2.24) is 5.32 Å². The van der Waals surface area contributed by atoms with Gasteiger partial charge < -0.3 is 5.32 Å². The van der Waals surface area contributed by atoms with Crippen LogP contribution in [0.1, 0.15) is 46.0 Å². The van der Waals surface area contributed by atoms with Crippen molar-refractivity contribution < 1.29 is 0 Å². The highest BCUT2D eigenvalue weighted by Crippen LogP contribution is 2.35. The van der Waals surface area contributed by atoms with Crippen molar-refractivity contribution >= 4 is 0 Å². The van der Waals surface area contributed by atoms with Crippen LogP contribution in [0.4, 0.5) is 0 Å². The topological polar surface area (TPSA) is 12.0 Å². The summed E-state index contributed by atoms with van der Waals surface area (Å²) in [4.78, 5) is 0. The van der Waals surface area contributed by atoms with Crippen LogP contribution in [-0.2, 0) is 0 Å². The third-order valence-corrected chi connectivity index (χ3v) is 4.48. The highest BCUT2D eigenvalue weighted by molar-refractivity contribution is 4.84. The zero-order valence-corrected chi connectivity index (χ0v) is 9.76. The molecule has 1 heteroatoms. The lowest BCUT2D eigenvalue weighted by Crippen LogP contribution is -2.20. The van der Waals surface area contributed by atoms with Gasteiger partial charge in [0.2, 0.25) is 0 Å². The van der Waals surface area contributed by atoms with Gasteiger partial charge in [-0.05, 0) is 56.0 Å².